The van der Waals surface area contributed by atoms with Crippen LogP contribution in [0.2, 0.25) is 0 Å². The standard InChI is InChI=1S/C18H19N3O5S/c1-9-7-19-12(10(2)16(9)26-4)8-27(24)18-20-11-5-6-13(25-3)14(17(22)23)15(11)21-18/h5-7H,8H2,1-4H3,(H,20,21)(H,22,23). The number of carboxylic acid groups (broad SMARTS) is 1. The number of aromatic amines is 1. The highest BCUT2D eigenvalue weighted by molar-refractivity contribution is 7.90. The summed E-state index contributed by atoms with van der Waals surface area (Å²) < 4.78 is 23.3. The van der Waals surface area contributed by atoms with Crippen molar-refractivity contribution in [2.75, 3.05) is 14.2 Å². The first kappa shape index (κ1) is 19.0. The van der Waals surface area contributed by atoms with Gasteiger partial charge in [0.2, 0.25) is 0 Å². The van der Waals surface area contributed by atoms with Crippen LogP contribution >= 0.6 is 0 Å². The summed E-state index contributed by atoms with van der Waals surface area (Å²) in [6.45, 7) is 3.75. The Kier molecular flexibility index (Phi) is 5.24. The molecule has 9 heteroatoms. The fourth-order valence-electron chi connectivity index (χ4n) is 2.93. The quantitative estimate of drug-likeness (QED) is 0.622. The van der Waals surface area contributed by atoms with Gasteiger partial charge in [0.05, 0.1) is 25.4 Å². The molecule has 1 atom stereocenters. The largest absolute Gasteiger partial charge is 0.609 e. The third-order valence-electron chi connectivity index (χ3n) is 4.26. The molecule has 142 valence electrons. The highest BCUT2D eigenvalue weighted by Crippen LogP contribution is 2.29. The minimum atomic E-state index is -1.54. The first-order chi connectivity index (χ1) is 12.9. The van der Waals surface area contributed by atoms with Crippen LogP contribution in [-0.4, -0.2) is 44.8 Å². The van der Waals surface area contributed by atoms with E-state index in [0.29, 0.717) is 17.0 Å². The van der Waals surface area contributed by atoms with Crippen molar-refractivity contribution in [3.63, 3.8) is 0 Å². The zero-order valence-electron chi connectivity index (χ0n) is 15.3. The number of hydrogen-bond donors (Lipinski definition) is 2. The molecular weight excluding hydrogens is 370 g/mol. The molecule has 3 aromatic rings. The Hall–Kier alpha value is -2.78. The molecule has 0 aliphatic carbocycles. The Morgan fingerprint density at radius 2 is 2.04 bits per heavy atom. The summed E-state index contributed by atoms with van der Waals surface area (Å²) in [5.74, 6) is -0.136. The first-order valence-electron chi connectivity index (χ1n) is 8.04. The van der Waals surface area contributed by atoms with Crippen LogP contribution < -0.4 is 9.47 Å². The number of hydrogen-bond acceptors (Lipinski definition) is 6. The van der Waals surface area contributed by atoms with Crippen LogP contribution in [0.15, 0.2) is 23.5 Å². The van der Waals surface area contributed by atoms with Crippen LogP contribution in [0.1, 0.15) is 27.2 Å². The van der Waals surface area contributed by atoms with Gasteiger partial charge in [-0.15, -0.1) is 0 Å². The van der Waals surface area contributed by atoms with E-state index in [-0.39, 0.29) is 27.7 Å². The van der Waals surface area contributed by atoms with E-state index in [1.54, 1.807) is 19.4 Å². The van der Waals surface area contributed by atoms with Crippen molar-refractivity contribution in [1.29, 1.82) is 0 Å². The maximum absolute atomic E-state index is 12.8. The number of aryl methyl sites for hydroxylation is 1. The summed E-state index contributed by atoms with van der Waals surface area (Å²) in [6, 6.07) is 3.18. The van der Waals surface area contributed by atoms with Gasteiger partial charge in [0, 0.05) is 28.5 Å². The summed E-state index contributed by atoms with van der Waals surface area (Å²) in [5.41, 5.74) is 2.95. The maximum Gasteiger partial charge on any atom is 0.341 e. The topological polar surface area (TPSA) is 120 Å². The van der Waals surface area contributed by atoms with Gasteiger partial charge in [-0.3, -0.25) is 9.97 Å². The van der Waals surface area contributed by atoms with Gasteiger partial charge in [0.25, 0.3) is 0 Å². The van der Waals surface area contributed by atoms with E-state index in [2.05, 4.69) is 15.0 Å². The lowest BCUT2D eigenvalue weighted by Crippen LogP contribution is -2.10. The highest BCUT2D eigenvalue weighted by Gasteiger charge is 2.24. The van der Waals surface area contributed by atoms with Gasteiger partial charge in [0.15, 0.2) is 5.75 Å². The number of methoxy groups -OCH3 is 2. The lowest BCUT2D eigenvalue weighted by Gasteiger charge is -2.13. The van der Waals surface area contributed by atoms with E-state index in [0.717, 1.165) is 11.1 Å². The highest BCUT2D eigenvalue weighted by atomic mass is 32.2. The minimum Gasteiger partial charge on any atom is -0.609 e. The van der Waals surface area contributed by atoms with Gasteiger partial charge in [-0.25, -0.2) is 4.79 Å². The normalized spacial score (nSPS) is 12.2. The van der Waals surface area contributed by atoms with Crippen LogP contribution in [0.25, 0.3) is 11.0 Å². The number of imidazole rings is 1. The maximum atomic E-state index is 12.8. The van der Waals surface area contributed by atoms with E-state index in [4.69, 9.17) is 9.47 Å². The van der Waals surface area contributed by atoms with Crippen molar-refractivity contribution in [3.8, 4) is 11.5 Å². The molecule has 2 N–H and O–H groups in total. The number of H-pyrrole nitrogens is 1. The number of benzene rings is 1. The minimum absolute atomic E-state index is 0.0687. The predicted molar refractivity (Wildman–Crippen MR) is 100.0 cm³/mol. The number of aromatic nitrogens is 3. The van der Waals surface area contributed by atoms with E-state index in [1.807, 2.05) is 13.8 Å². The fraction of sp³-hybridized carbons (Fsp3) is 0.278. The number of aromatic carboxylic acids is 1. The molecule has 0 bridgehead atoms. The summed E-state index contributed by atoms with van der Waals surface area (Å²) in [5, 5.41) is 9.65. The molecule has 0 saturated carbocycles. The Morgan fingerprint density at radius 3 is 2.67 bits per heavy atom. The second kappa shape index (κ2) is 7.45. The second-order valence-electron chi connectivity index (χ2n) is 5.92. The van der Waals surface area contributed by atoms with Gasteiger partial charge in [-0.05, 0) is 26.0 Å². The molecule has 0 aliphatic rings. The summed E-state index contributed by atoms with van der Waals surface area (Å²) >= 11 is -1.54. The average Bonchev–Trinajstić information content (AvgIpc) is 3.07. The first-order valence-corrected chi connectivity index (χ1v) is 9.36. The molecule has 0 amide bonds. The molecule has 0 aliphatic heterocycles. The molecular formula is C18H19N3O5S. The molecule has 3 rings (SSSR count). The smallest absolute Gasteiger partial charge is 0.341 e. The second-order valence-corrected chi connectivity index (χ2v) is 7.29. The van der Waals surface area contributed by atoms with Crippen molar-refractivity contribution >= 4 is 28.2 Å². The SMILES string of the molecule is COc1ccc2[nH]c([S+]([O-])Cc3ncc(C)c(OC)c3C)nc2c1C(=O)O. The number of carboxylic acids is 1. The molecule has 0 saturated heterocycles. The van der Waals surface area contributed by atoms with Crippen molar-refractivity contribution in [1.82, 2.24) is 15.0 Å². The number of pyridine rings is 1. The van der Waals surface area contributed by atoms with Crippen LogP contribution in [0, 0.1) is 13.8 Å². The van der Waals surface area contributed by atoms with Crippen LogP contribution in [0.3, 0.4) is 0 Å². The Labute approximate surface area is 158 Å². The van der Waals surface area contributed by atoms with Crippen LogP contribution in [-0.2, 0) is 16.9 Å². The fourth-order valence-corrected chi connectivity index (χ4v) is 4.02. The predicted octanol–water partition coefficient (Wildman–Crippen LogP) is 2.60. The van der Waals surface area contributed by atoms with E-state index >= 15 is 0 Å². The lowest BCUT2D eigenvalue weighted by atomic mass is 10.1. The molecule has 0 radical (unpaired) electrons. The summed E-state index contributed by atoms with van der Waals surface area (Å²) in [6.07, 6.45) is 1.67. The molecule has 1 aromatic carbocycles. The average molecular weight is 389 g/mol. The van der Waals surface area contributed by atoms with Crippen molar-refractivity contribution in [3.05, 3.63) is 40.7 Å². The van der Waals surface area contributed by atoms with Gasteiger partial charge in [-0.2, -0.15) is 4.98 Å². The number of nitrogens with zero attached hydrogens (tertiary/aromatic N) is 2. The summed E-state index contributed by atoms with van der Waals surface area (Å²) in [4.78, 5) is 23.1. The molecule has 8 nitrogen and oxygen atoms in total. The zero-order valence-corrected chi connectivity index (χ0v) is 16.1. The molecule has 2 aromatic heterocycles. The van der Waals surface area contributed by atoms with Gasteiger partial charge < -0.3 is 19.1 Å². The van der Waals surface area contributed by atoms with Gasteiger partial charge >= 0.3 is 11.1 Å². The van der Waals surface area contributed by atoms with E-state index < -0.39 is 17.1 Å². The van der Waals surface area contributed by atoms with Gasteiger partial charge in [-0.1, -0.05) is 0 Å². The van der Waals surface area contributed by atoms with Crippen LogP contribution in [0.5, 0.6) is 11.5 Å². The third-order valence-corrected chi connectivity index (χ3v) is 5.42. The number of carbonyl (C=O) groups is 1. The zero-order chi connectivity index (χ0) is 19.7. The lowest BCUT2D eigenvalue weighted by molar-refractivity contribution is 0.0695. The Balaban J connectivity index is 1.99. The molecule has 2 heterocycles. The van der Waals surface area contributed by atoms with Crippen molar-refractivity contribution in [2.24, 2.45) is 0 Å². The van der Waals surface area contributed by atoms with E-state index in [9.17, 15) is 14.5 Å². The van der Waals surface area contributed by atoms with Gasteiger partial charge in [0.1, 0.15) is 22.6 Å². The number of nitrogens with one attached hydrogen (secondary N) is 1. The number of rotatable bonds is 6. The van der Waals surface area contributed by atoms with Crippen LogP contribution in [0.4, 0.5) is 0 Å². The molecule has 1 unspecified atom stereocenters. The third kappa shape index (κ3) is 3.43. The molecule has 27 heavy (non-hydrogen) atoms. The van der Waals surface area contributed by atoms with Crippen molar-refractivity contribution in [2.45, 2.75) is 24.8 Å². The molecule has 0 fully saturated rings. The molecule has 0 spiro atoms. The Morgan fingerprint density at radius 1 is 1.30 bits per heavy atom. The number of fused-ring (bicyclic) bond motifs is 1. The van der Waals surface area contributed by atoms with Crippen molar-refractivity contribution < 1.29 is 23.9 Å². The number of ether oxygens (including phenoxy) is 2. The Bertz CT molecular complexity index is 1020. The monoisotopic (exact) mass is 389 g/mol. The summed E-state index contributed by atoms with van der Waals surface area (Å²) in [7, 11) is 2.97. The van der Waals surface area contributed by atoms with E-state index in [1.165, 1.54) is 13.2 Å².